The number of methoxy groups -OCH3 is 1. The molecule has 0 spiro atoms. The summed E-state index contributed by atoms with van der Waals surface area (Å²) in [6.07, 6.45) is 0.670. The molecule has 2 N–H and O–H groups in total. The van der Waals surface area contributed by atoms with Gasteiger partial charge in [0.15, 0.2) is 5.82 Å². The van der Waals surface area contributed by atoms with Crippen LogP contribution in [0.5, 0.6) is 0 Å². The summed E-state index contributed by atoms with van der Waals surface area (Å²) in [5.74, 6) is 1.81. The average molecular weight is 293 g/mol. The number of aryl methyl sites for hydroxylation is 1. The van der Waals surface area contributed by atoms with E-state index in [0.717, 1.165) is 0 Å². The molecule has 108 valence electrons. The van der Waals surface area contributed by atoms with Crippen LogP contribution in [0.15, 0.2) is 33.7 Å². The van der Waals surface area contributed by atoms with Gasteiger partial charge in [-0.05, 0) is 25.5 Å². The normalized spacial score (nSPS) is 12.6. The van der Waals surface area contributed by atoms with E-state index in [9.17, 15) is 0 Å². The molecule has 1 heterocycles. The Labute approximate surface area is 122 Å². The fourth-order valence-corrected chi connectivity index (χ4v) is 2.56. The summed E-state index contributed by atoms with van der Waals surface area (Å²) in [5, 5.41) is 3.96. The Hall–Kier alpha value is -1.37. The molecule has 0 saturated carbocycles. The topological polar surface area (TPSA) is 74.2 Å². The molecule has 5 nitrogen and oxygen atoms in total. The van der Waals surface area contributed by atoms with Crippen LogP contribution >= 0.6 is 11.8 Å². The number of thioether (sulfide) groups is 1. The van der Waals surface area contributed by atoms with Gasteiger partial charge in [0.1, 0.15) is 0 Å². The molecule has 0 aliphatic rings. The first-order valence-corrected chi connectivity index (χ1v) is 7.44. The third kappa shape index (κ3) is 4.33. The molecule has 0 radical (unpaired) electrons. The van der Waals surface area contributed by atoms with Crippen molar-refractivity contribution in [2.45, 2.75) is 30.0 Å². The molecule has 0 amide bonds. The molecule has 0 bridgehead atoms. The molecule has 2 rings (SSSR count). The van der Waals surface area contributed by atoms with E-state index in [0.29, 0.717) is 30.5 Å². The number of benzene rings is 1. The number of nitrogens with zero attached hydrogens (tertiary/aromatic N) is 2. The maximum absolute atomic E-state index is 5.94. The van der Waals surface area contributed by atoms with Crippen LogP contribution in [0.1, 0.15) is 29.7 Å². The molecule has 0 saturated heterocycles. The molecule has 1 unspecified atom stereocenters. The number of nitrogens with two attached hydrogens (primary N) is 1. The zero-order valence-electron chi connectivity index (χ0n) is 11.7. The van der Waals surface area contributed by atoms with Gasteiger partial charge in [-0.3, -0.25) is 0 Å². The van der Waals surface area contributed by atoms with Crippen LogP contribution in [-0.2, 0) is 10.5 Å². The first-order chi connectivity index (χ1) is 9.69. The first-order valence-electron chi connectivity index (χ1n) is 6.45. The molecule has 0 aliphatic carbocycles. The highest BCUT2D eigenvalue weighted by atomic mass is 32.2. The fraction of sp³-hybridized carbons (Fsp3) is 0.429. The number of hydrogen-bond acceptors (Lipinski definition) is 6. The lowest BCUT2D eigenvalue weighted by molar-refractivity contribution is 0.182. The van der Waals surface area contributed by atoms with Gasteiger partial charge in [-0.2, -0.15) is 4.98 Å². The third-order valence-electron chi connectivity index (χ3n) is 2.79. The summed E-state index contributed by atoms with van der Waals surface area (Å²) >= 11 is 1.68. The Morgan fingerprint density at radius 3 is 3.05 bits per heavy atom. The quantitative estimate of drug-likeness (QED) is 0.791. The van der Waals surface area contributed by atoms with E-state index in [1.165, 1.54) is 10.5 Å². The standard InChI is InChI=1S/C14H19N3O2S/c1-10-4-3-5-11(8-10)20-9-13-16-14(19-17-13)12(15)6-7-18-2/h3-5,8,12H,6-7,9,15H2,1-2H3. The van der Waals surface area contributed by atoms with Crippen LogP contribution in [0.25, 0.3) is 0 Å². The van der Waals surface area contributed by atoms with Crippen LogP contribution in [0, 0.1) is 6.92 Å². The van der Waals surface area contributed by atoms with Gasteiger partial charge < -0.3 is 15.0 Å². The van der Waals surface area contributed by atoms with Gasteiger partial charge in [-0.1, -0.05) is 22.9 Å². The molecule has 2 aromatic rings. The Balaban J connectivity index is 1.89. The molecule has 0 aliphatic heterocycles. The Bertz CT molecular complexity index is 545. The van der Waals surface area contributed by atoms with Crippen molar-refractivity contribution in [1.82, 2.24) is 10.1 Å². The van der Waals surface area contributed by atoms with Crippen molar-refractivity contribution in [3.8, 4) is 0 Å². The molecular weight excluding hydrogens is 274 g/mol. The van der Waals surface area contributed by atoms with E-state index in [-0.39, 0.29) is 6.04 Å². The molecule has 0 fully saturated rings. The Morgan fingerprint density at radius 2 is 2.30 bits per heavy atom. The van der Waals surface area contributed by atoms with E-state index in [1.54, 1.807) is 18.9 Å². The predicted molar refractivity (Wildman–Crippen MR) is 78.5 cm³/mol. The lowest BCUT2D eigenvalue weighted by Gasteiger charge is -2.04. The monoisotopic (exact) mass is 293 g/mol. The minimum absolute atomic E-state index is 0.264. The summed E-state index contributed by atoms with van der Waals surface area (Å²) in [7, 11) is 1.64. The second-order valence-corrected chi connectivity index (χ2v) is 5.59. The highest BCUT2D eigenvalue weighted by Gasteiger charge is 2.14. The smallest absolute Gasteiger partial charge is 0.243 e. The van der Waals surface area contributed by atoms with E-state index in [2.05, 4.69) is 35.3 Å². The van der Waals surface area contributed by atoms with Crippen molar-refractivity contribution in [1.29, 1.82) is 0 Å². The van der Waals surface area contributed by atoms with Gasteiger partial charge in [-0.15, -0.1) is 11.8 Å². The lowest BCUT2D eigenvalue weighted by atomic mass is 10.2. The van der Waals surface area contributed by atoms with Crippen LogP contribution in [0.3, 0.4) is 0 Å². The SMILES string of the molecule is COCCC(N)c1nc(CSc2cccc(C)c2)no1. The summed E-state index contributed by atoms with van der Waals surface area (Å²) in [6.45, 7) is 2.66. The fourth-order valence-electron chi connectivity index (χ4n) is 1.70. The van der Waals surface area contributed by atoms with Gasteiger partial charge in [-0.25, -0.2) is 0 Å². The zero-order chi connectivity index (χ0) is 14.4. The summed E-state index contributed by atoms with van der Waals surface area (Å²) in [6, 6.07) is 8.06. The van der Waals surface area contributed by atoms with Crippen molar-refractivity contribution in [2.24, 2.45) is 5.73 Å². The van der Waals surface area contributed by atoms with E-state index < -0.39 is 0 Å². The van der Waals surface area contributed by atoms with Gasteiger partial charge in [0, 0.05) is 18.6 Å². The number of rotatable bonds is 7. The minimum atomic E-state index is -0.264. The zero-order valence-corrected chi connectivity index (χ0v) is 12.5. The van der Waals surface area contributed by atoms with Crippen molar-refractivity contribution in [3.63, 3.8) is 0 Å². The van der Waals surface area contributed by atoms with Crippen molar-refractivity contribution >= 4 is 11.8 Å². The van der Waals surface area contributed by atoms with Gasteiger partial charge in [0.05, 0.1) is 11.8 Å². The van der Waals surface area contributed by atoms with Crippen LogP contribution < -0.4 is 5.73 Å². The maximum Gasteiger partial charge on any atom is 0.243 e. The van der Waals surface area contributed by atoms with Gasteiger partial charge in [0.25, 0.3) is 0 Å². The summed E-state index contributed by atoms with van der Waals surface area (Å²) in [4.78, 5) is 5.52. The highest BCUT2D eigenvalue weighted by molar-refractivity contribution is 7.98. The summed E-state index contributed by atoms with van der Waals surface area (Å²) < 4.78 is 10.2. The van der Waals surface area contributed by atoms with E-state index in [4.69, 9.17) is 15.0 Å². The maximum atomic E-state index is 5.94. The predicted octanol–water partition coefficient (Wildman–Crippen LogP) is 2.71. The van der Waals surface area contributed by atoms with Crippen LogP contribution in [0.2, 0.25) is 0 Å². The third-order valence-corrected chi connectivity index (χ3v) is 3.78. The number of aromatic nitrogens is 2. The van der Waals surface area contributed by atoms with E-state index in [1.807, 2.05) is 6.07 Å². The Kier molecular flexibility index (Phi) is 5.58. The number of ether oxygens (including phenoxy) is 1. The highest BCUT2D eigenvalue weighted by Crippen LogP contribution is 2.23. The first kappa shape index (κ1) is 15.0. The molecule has 6 heteroatoms. The van der Waals surface area contributed by atoms with Gasteiger partial charge in [0.2, 0.25) is 5.89 Å². The average Bonchev–Trinajstić information content (AvgIpc) is 2.91. The number of hydrogen-bond donors (Lipinski definition) is 1. The van der Waals surface area contributed by atoms with Crippen molar-refractivity contribution in [2.75, 3.05) is 13.7 Å². The van der Waals surface area contributed by atoms with E-state index >= 15 is 0 Å². The van der Waals surface area contributed by atoms with Crippen molar-refractivity contribution in [3.05, 3.63) is 41.5 Å². The summed E-state index contributed by atoms with van der Waals surface area (Å²) in [5.41, 5.74) is 7.18. The second kappa shape index (κ2) is 7.42. The Morgan fingerprint density at radius 1 is 1.45 bits per heavy atom. The second-order valence-electron chi connectivity index (χ2n) is 4.54. The molecule has 1 atom stereocenters. The molecular formula is C14H19N3O2S. The largest absolute Gasteiger partial charge is 0.385 e. The van der Waals surface area contributed by atoms with Crippen molar-refractivity contribution < 1.29 is 9.26 Å². The van der Waals surface area contributed by atoms with Gasteiger partial charge >= 0.3 is 0 Å². The lowest BCUT2D eigenvalue weighted by Crippen LogP contribution is -2.13. The van der Waals surface area contributed by atoms with Crippen LogP contribution in [-0.4, -0.2) is 23.9 Å². The minimum Gasteiger partial charge on any atom is -0.385 e. The van der Waals surface area contributed by atoms with Crippen LogP contribution in [0.4, 0.5) is 0 Å². The molecule has 1 aromatic carbocycles. The molecule has 20 heavy (non-hydrogen) atoms. The molecule has 1 aromatic heterocycles.